The predicted octanol–water partition coefficient (Wildman–Crippen LogP) is 2.78. The number of aromatic nitrogens is 1. The average Bonchev–Trinajstić information content (AvgIpc) is 2.89. The van der Waals surface area contributed by atoms with Gasteiger partial charge in [0.2, 0.25) is 0 Å². The number of nitrogens with zero attached hydrogens (tertiary/aromatic N) is 2. The van der Waals surface area contributed by atoms with Gasteiger partial charge in [0, 0.05) is 12.0 Å². The van der Waals surface area contributed by atoms with Crippen molar-refractivity contribution in [2.24, 2.45) is 0 Å². The Kier molecular flexibility index (Phi) is 2.92. The summed E-state index contributed by atoms with van der Waals surface area (Å²) >= 11 is 0. The second kappa shape index (κ2) is 4.34. The van der Waals surface area contributed by atoms with Crippen molar-refractivity contribution in [3.63, 3.8) is 0 Å². The summed E-state index contributed by atoms with van der Waals surface area (Å²) in [5.74, 6) is 0.328. The first-order valence-corrected chi connectivity index (χ1v) is 8.24. The number of rotatable bonds is 2. The lowest BCUT2D eigenvalue weighted by atomic mass is 9.87. The largest absolute Gasteiger partial charge is 0.360 e. The fourth-order valence-corrected chi connectivity index (χ4v) is 4.90. The van der Waals surface area contributed by atoms with Gasteiger partial charge in [-0.25, -0.2) is 8.42 Å². The van der Waals surface area contributed by atoms with Crippen LogP contribution in [0.5, 0.6) is 0 Å². The molecule has 21 heavy (non-hydrogen) atoms. The van der Waals surface area contributed by atoms with Crippen LogP contribution in [0.3, 0.4) is 0 Å². The molecular formula is C15H18N2O3S. The molecule has 1 aromatic carbocycles. The third-order valence-electron chi connectivity index (χ3n) is 3.96. The molecule has 0 spiro atoms. The Morgan fingerprint density at radius 2 is 1.90 bits per heavy atom. The zero-order chi connectivity index (χ0) is 15.4. The molecule has 0 atom stereocenters. The van der Waals surface area contributed by atoms with E-state index in [-0.39, 0.29) is 10.3 Å². The number of sulfonamides is 1. The van der Waals surface area contributed by atoms with Crippen molar-refractivity contribution in [3.05, 3.63) is 41.3 Å². The lowest BCUT2D eigenvalue weighted by Crippen LogP contribution is -2.34. The van der Waals surface area contributed by atoms with Crippen LogP contribution in [-0.4, -0.2) is 20.1 Å². The van der Waals surface area contributed by atoms with Gasteiger partial charge < -0.3 is 4.52 Å². The molecule has 0 amide bonds. The SMILES string of the molecule is Cc1noc(C)c1S(=O)(=O)N1CC(C)(C)c2ccccc21. The highest BCUT2D eigenvalue weighted by atomic mass is 32.2. The maximum absolute atomic E-state index is 13.0. The monoisotopic (exact) mass is 306 g/mol. The van der Waals surface area contributed by atoms with Gasteiger partial charge in [-0.3, -0.25) is 4.31 Å². The molecule has 112 valence electrons. The molecule has 2 heterocycles. The summed E-state index contributed by atoms with van der Waals surface area (Å²) in [5, 5.41) is 3.77. The Morgan fingerprint density at radius 3 is 2.52 bits per heavy atom. The first-order chi connectivity index (χ1) is 9.75. The minimum Gasteiger partial charge on any atom is -0.360 e. The summed E-state index contributed by atoms with van der Waals surface area (Å²) in [5.41, 5.74) is 1.96. The Balaban J connectivity index is 2.19. The highest BCUT2D eigenvalue weighted by Crippen LogP contribution is 2.43. The Bertz CT molecular complexity index is 787. The Labute approximate surface area is 124 Å². The quantitative estimate of drug-likeness (QED) is 0.856. The first kappa shape index (κ1) is 14.1. The van der Waals surface area contributed by atoms with E-state index in [1.165, 1.54) is 4.31 Å². The van der Waals surface area contributed by atoms with Crippen molar-refractivity contribution >= 4 is 15.7 Å². The van der Waals surface area contributed by atoms with Crippen molar-refractivity contribution in [2.45, 2.75) is 38.0 Å². The summed E-state index contributed by atoms with van der Waals surface area (Å²) in [6.45, 7) is 7.79. The van der Waals surface area contributed by atoms with Gasteiger partial charge in [0.1, 0.15) is 5.69 Å². The molecule has 2 aromatic rings. The van der Waals surface area contributed by atoms with Crippen molar-refractivity contribution in [2.75, 3.05) is 10.8 Å². The van der Waals surface area contributed by atoms with Gasteiger partial charge in [-0.05, 0) is 25.5 Å². The van der Waals surface area contributed by atoms with Gasteiger partial charge in [-0.2, -0.15) is 0 Å². The molecule has 1 aromatic heterocycles. The van der Waals surface area contributed by atoms with Crippen LogP contribution in [0.4, 0.5) is 5.69 Å². The van der Waals surface area contributed by atoms with Crippen LogP contribution in [-0.2, 0) is 15.4 Å². The van der Waals surface area contributed by atoms with E-state index < -0.39 is 10.0 Å². The van der Waals surface area contributed by atoms with E-state index in [1.807, 2.05) is 24.3 Å². The van der Waals surface area contributed by atoms with Crippen molar-refractivity contribution in [1.29, 1.82) is 0 Å². The van der Waals surface area contributed by atoms with Crippen molar-refractivity contribution in [3.8, 4) is 0 Å². The average molecular weight is 306 g/mol. The standard InChI is InChI=1S/C15H18N2O3S/c1-10-14(11(2)20-16-10)21(18,19)17-9-15(3,4)12-7-5-6-8-13(12)17/h5-8H,9H2,1-4H3. The van der Waals surface area contributed by atoms with E-state index in [1.54, 1.807) is 13.8 Å². The number of hydrogen-bond donors (Lipinski definition) is 0. The third-order valence-corrected chi connectivity index (χ3v) is 5.96. The van der Waals surface area contributed by atoms with E-state index in [4.69, 9.17) is 4.52 Å². The van der Waals surface area contributed by atoms with Crippen LogP contribution >= 0.6 is 0 Å². The van der Waals surface area contributed by atoms with Crippen LogP contribution in [0.15, 0.2) is 33.7 Å². The van der Waals surface area contributed by atoms with Gasteiger partial charge in [0.05, 0.1) is 5.69 Å². The van der Waals surface area contributed by atoms with Crippen molar-refractivity contribution in [1.82, 2.24) is 5.16 Å². The molecule has 0 aliphatic carbocycles. The van der Waals surface area contributed by atoms with Gasteiger partial charge in [0.15, 0.2) is 10.7 Å². The summed E-state index contributed by atoms with van der Waals surface area (Å²) in [6, 6.07) is 7.63. The summed E-state index contributed by atoms with van der Waals surface area (Å²) in [4.78, 5) is 0.176. The van der Waals surface area contributed by atoms with Crippen LogP contribution < -0.4 is 4.31 Å². The summed E-state index contributed by atoms with van der Waals surface area (Å²) in [7, 11) is -3.66. The molecule has 0 saturated heterocycles. The topological polar surface area (TPSA) is 63.4 Å². The lowest BCUT2D eigenvalue weighted by molar-refractivity contribution is 0.390. The van der Waals surface area contributed by atoms with Gasteiger partial charge >= 0.3 is 0 Å². The molecule has 0 unspecified atom stereocenters. The normalized spacial score (nSPS) is 17.0. The van der Waals surface area contributed by atoms with Gasteiger partial charge in [0.25, 0.3) is 10.0 Å². The maximum atomic E-state index is 13.0. The van der Waals surface area contributed by atoms with Crippen LogP contribution in [0.25, 0.3) is 0 Å². The third kappa shape index (κ3) is 1.97. The van der Waals surface area contributed by atoms with E-state index in [9.17, 15) is 8.42 Å². The molecule has 0 fully saturated rings. The Morgan fingerprint density at radius 1 is 1.24 bits per heavy atom. The van der Waals surface area contributed by atoms with E-state index in [2.05, 4.69) is 19.0 Å². The number of anilines is 1. The molecule has 0 N–H and O–H groups in total. The fraction of sp³-hybridized carbons (Fsp3) is 0.400. The predicted molar refractivity (Wildman–Crippen MR) is 80.0 cm³/mol. The van der Waals surface area contributed by atoms with E-state index in [0.717, 1.165) is 11.3 Å². The molecular weight excluding hydrogens is 288 g/mol. The lowest BCUT2D eigenvalue weighted by Gasteiger charge is -2.22. The second-order valence-electron chi connectivity index (χ2n) is 6.07. The number of hydrogen-bond acceptors (Lipinski definition) is 4. The second-order valence-corrected chi connectivity index (χ2v) is 7.87. The molecule has 0 bridgehead atoms. The molecule has 0 saturated carbocycles. The number of benzene rings is 1. The van der Waals surface area contributed by atoms with Crippen LogP contribution in [0, 0.1) is 13.8 Å². The van der Waals surface area contributed by atoms with Crippen LogP contribution in [0.2, 0.25) is 0 Å². The summed E-state index contributed by atoms with van der Waals surface area (Å²) < 4.78 is 32.5. The van der Waals surface area contributed by atoms with Gasteiger partial charge in [-0.1, -0.05) is 37.2 Å². The van der Waals surface area contributed by atoms with Crippen molar-refractivity contribution < 1.29 is 12.9 Å². The highest BCUT2D eigenvalue weighted by Gasteiger charge is 2.42. The number of para-hydroxylation sites is 1. The van der Waals surface area contributed by atoms with Gasteiger partial charge in [-0.15, -0.1) is 0 Å². The zero-order valence-corrected chi connectivity index (χ0v) is 13.4. The molecule has 5 nitrogen and oxygen atoms in total. The minimum atomic E-state index is -3.66. The number of aryl methyl sites for hydroxylation is 2. The maximum Gasteiger partial charge on any atom is 0.269 e. The molecule has 1 aliphatic rings. The fourth-order valence-electron chi connectivity index (χ4n) is 2.96. The molecule has 1 aliphatic heterocycles. The molecule has 6 heteroatoms. The van der Waals surface area contributed by atoms with Crippen LogP contribution in [0.1, 0.15) is 30.9 Å². The zero-order valence-electron chi connectivity index (χ0n) is 12.5. The number of fused-ring (bicyclic) bond motifs is 1. The smallest absolute Gasteiger partial charge is 0.269 e. The Hall–Kier alpha value is -1.82. The minimum absolute atomic E-state index is 0.176. The van der Waals surface area contributed by atoms with E-state index >= 15 is 0 Å². The first-order valence-electron chi connectivity index (χ1n) is 6.80. The molecule has 0 radical (unpaired) electrons. The van der Waals surface area contributed by atoms with E-state index in [0.29, 0.717) is 18.0 Å². The summed E-state index contributed by atoms with van der Waals surface area (Å²) in [6.07, 6.45) is 0. The molecule has 3 rings (SSSR count). The highest BCUT2D eigenvalue weighted by molar-refractivity contribution is 7.93.